The van der Waals surface area contributed by atoms with Gasteiger partial charge in [-0.05, 0) is 75.6 Å². The second-order valence-corrected chi connectivity index (χ2v) is 11.6. The molecular weight excluding hydrogens is 494 g/mol. The van der Waals surface area contributed by atoms with Crippen LogP contribution in [0, 0.1) is 31.6 Å². The summed E-state index contributed by atoms with van der Waals surface area (Å²) in [6.45, 7) is 8.30. The lowest BCUT2D eigenvalue weighted by Gasteiger charge is -2.36. The van der Waals surface area contributed by atoms with Crippen molar-refractivity contribution in [1.82, 2.24) is 4.90 Å². The highest BCUT2D eigenvalue weighted by Crippen LogP contribution is 2.65. The fraction of sp³-hybridized carbons (Fsp3) is 0.516. The monoisotopic (exact) mass is 533 g/mol. The van der Waals surface area contributed by atoms with Gasteiger partial charge in [-0.15, -0.1) is 0 Å². The van der Waals surface area contributed by atoms with Crippen LogP contribution in [0.1, 0.15) is 50.7 Å². The molecule has 5 rings (SSSR count). The number of para-hydroxylation sites is 2. The molecule has 2 aromatic rings. The van der Waals surface area contributed by atoms with Crippen LogP contribution in [0.4, 0.5) is 11.4 Å². The number of rotatable bonds is 9. The van der Waals surface area contributed by atoms with Crippen LogP contribution < -0.4 is 10.6 Å². The molecule has 0 aliphatic carbocycles. The number of aliphatic hydroxyl groups excluding tert-OH is 1. The third-order valence-corrected chi connectivity index (χ3v) is 9.17. The Hall–Kier alpha value is -3.23. The van der Waals surface area contributed by atoms with E-state index in [1.54, 1.807) is 4.90 Å². The number of aryl methyl sites for hydroxylation is 2. The third kappa shape index (κ3) is 4.43. The summed E-state index contributed by atoms with van der Waals surface area (Å²) in [4.78, 5) is 43.8. The van der Waals surface area contributed by atoms with Crippen molar-refractivity contribution in [3.63, 3.8) is 0 Å². The van der Waals surface area contributed by atoms with Gasteiger partial charge < -0.3 is 25.4 Å². The molecule has 39 heavy (non-hydrogen) atoms. The Morgan fingerprint density at radius 3 is 2.36 bits per heavy atom. The summed E-state index contributed by atoms with van der Waals surface area (Å²) in [5.41, 5.74) is 1.30. The van der Waals surface area contributed by atoms with E-state index in [4.69, 9.17) is 4.74 Å². The maximum absolute atomic E-state index is 14.2. The molecule has 208 valence electrons. The number of carbonyl (C=O) groups is 3. The van der Waals surface area contributed by atoms with Crippen LogP contribution in [-0.4, -0.2) is 58.1 Å². The van der Waals surface area contributed by atoms with Gasteiger partial charge in [-0.3, -0.25) is 14.4 Å². The number of hydrogen-bond donors (Lipinski definition) is 3. The highest BCUT2D eigenvalue weighted by atomic mass is 16.5. The normalized spacial score (nSPS) is 30.9. The van der Waals surface area contributed by atoms with Gasteiger partial charge in [0.15, 0.2) is 0 Å². The third-order valence-electron chi connectivity index (χ3n) is 9.17. The zero-order valence-corrected chi connectivity index (χ0v) is 23.2. The molecule has 3 fully saturated rings. The fourth-order valence-electron chi connectivity index (χ4n) is 7.20. The van der Waals surface area contributed by atoms with Gasteiger partial charge in [0, 0.05) is 24.5 Å². The van der Waals surface area contributed by atoms with Gasteiger partial charge in [0.1, 0.15) is 11.6 Å². The van der Waals surface area contributed by atoms with Crippen LogP contribution in [0.3, 0.4) is 0 Å². The number of anilines is 2. The molecule has 8 heteroatoms. The van der Waals surface area contributed by atoms with Crippen LogP contribution in [-0.2, 0) is 19.1 Å². The number of nitrogens with one attached hydrogen (secondary N) is 2. The number of aliphatic hydroxyl groups is 1. The predicted molar refractivity (Wildman–Crippen MR) is 149 cm³/mol. The van der Waals surface area contributed by atoms with E-state index in [2.05, 4.69) is 10.6 Å². The second kappa shape index (κ2) is 10.4. The Labute approximate surface area is 230 Å². The number of carbonyl (C=O) groups excluding carboxylic acids is 3. The molecule has 3 aliphatic heterocycles. The molecule has 6 atom stereocenters. The van der Waals surface area contributed by atoms with Crippen LogP contribution in [0.15, 0.2) is 48.5 Å². The quantitative estimate of drug-likeness (QED) is 0.422. The van der Waals surface area contributed by atoms with Crippen LogP contribution in [0.2, 0.25) is 0 Å². The number of likely N-dealkylation sites (tertiary alicyclic amines) is 1. The second-order valence-electron chi connectivity index (χ2n) is 11.6. The number of unbranched alkanes of at least 4 members (excludes halogenated alkanes) is 2. The molecule has 3 N–H and O–H groups in total. The lowest BCUT2D eigenvalue weighted by Crippen LogP contribution is -2.54. The fourth-order valence-corrected chi connectivity index (χ4v) is 7.20. The molecule has 3 heterocycles. The Morgan fingerprint density at radius 2 is 1.69 bits per heavy atom. The molecule has 3 aliphatic rings. The summed E-state index contributed by atoms with van der Waals surface area (Å²) in [6, 6.07) is 14.2. The molecule has 2 aromatic carbocycles. The van der Waals surface area contributed by atoms with E-state index in [9.17, 15) is 19.5 Å². The zero-order chi connectivity index (χ0) is 27.9. The number of fused-ring (bicyclic) bond motifs is 1. The maximum Gasteiger partial charge on any atom is 0.250 e. The van der Waals surface area contributed by atoms with E-state index in [0.717, 1.165) is 23.2 Å². The van der Waals surface area contributed by atoms with Crippen LogP contribution >= 0.6 is 0 Å². The summed E-state index contributed by atoms with van der Waals surface area (Å²) in [7, 11) is 0. The predicted octanol–water partition coefficient (Wildman–Crippen LogP) is 4.05. The van der Waals surface area contributed by atoms with E-state index in [0.29, 0.717) is 31.5 Å². The summed E-state index contributed by atoms with van der Waals surface area (Å²) in [6.07, 6.45) is 2.53. The zero-order valence-electron chi connectivity index (χ0n) is 23.2. The molecule has 1 spiro atoms. The Balaban J connectivity index is 1.52. The van der Waals surface area contributed by atoms with Crippen LogP contribution in [0.25, 0.3) is 0 Å². The molecule has 3 amide bonds. The van der Waals surface area contributed by atoms with E-state index in [1.165, 1.54) is 0 Å². The molecule has 0 saturated carbocycles. The first-order chi connectivity index (χ1) is 18.6. The summed E-state index contributed by atoms with van der Waals surface area (Å²) in [5, 5.41) is 15.4. The molecular formula is C31H39N3O5. The minimum atomic E-state index is -1.10. The number of benzene rings is 2. The van der Waals surface area contributed by atoms with E-state index in [1.807, 2.05) is 76.2 Å². The Kier molecular flexibility index (Phi) is 7.29. The van der Waals surface area contributed by atoms with Gasteiger partial charge in [-0.25, -0.2) is 0 Å². The van der Waals surface area contributed by atoms with Gasteiger partial charge in [-0.2, -0.15) is 0 Å². The van der Waals surface area contributed by atoms with Crippen molar-refractivity contribution in [3.05, 3.63) is 59.7 Å². The summed E-state index contributed by atoms with van der Waals surface area (Å²) < 4.78 is 6.79. The highest BCUT2D eigenvalue weighted by Gasteiger charge is 2.79. The van der Waals surface area contributed by atoms with Crippen molar-refractivity contribution in [2.24, 2.45) is 17.8 Å². The molecule has 0 aromatic heterocycles. The number of hydrogen-bond acceptors (Lipinski definition) is 5. The largest absolute Gasteiger partial charge is 0.396 e. The molecule has 0 radical (unpaired) electrons. The van der Waals surface area contributed by atoms with Gasteiger partial charge in [0.2, 0.25) is 17.7 Å². The van der Waals surface area contributed by atoms with E-state index in [-0.39, 0.29) is 30.2 Å². The lowest BCUT2D eigenvalue weighted by molar-refractivity contribution is -0.144. The molecule has 8 nitrogen and oxygen atoms in total. The SMILES string of the molecule is Cc1cccc(C)c1NC(=O)C1N(CCCCCO)C(=O)[C@@H]2[C@@H](C(=O)Nc3ccccc3)[C@]3(C)OC12CC3C. The number of nitrogens with zero attached hydrogens (tertiary/aromatic N) is 1. The highest BCUT2D eigenvalue weighted by molar-refractivity contribution is 6.05. The van der Waals surface area contributed by atoms with Crippen molar-refractivity contribution >= 4 is 29.1 Å². The van der Waals surface area contributed by atoms with Crippen LogP contribution in [0.5, 0.6) is 0 Å². The molecule has 2 bridgehead atoms. The van der Waals surface area contributed by atoms with Gasteiger partial charge in [0.25, 0.3) is 0 Å². The van der Waals surface area contributed by atoms with Gasteiger partial charge in [-0.1, -0.05) is 43.3 Å². The average molecular weight is 534 g/mol. The number of ether oxygens (including phenoxy) is 1. The number of amides is 3. The average Bonchev–Trinajstić information content (AvgIpc) is 3.41. The van der Waals surface area contributed by atoms with Crippen molar-refractivity contribution in [2.45, 2.75) is 70.6 Å². The molecule has 3 unspecified atom stereocenters. The first-order valence-corrected chi connectivity index (χ1v) is 14.0. The minimum absolute atomic E-state index is 0.0297. The van der Waals surface area contributed by atoms with Gasteiger partial charge >= 0.3 is 0 Å². The molecule has 3 saturated heterocycles. The Morgan fingerprint density at radius 1 is 1.00 bits per heavy atom. The first kappa shape index (κ1) is 27.3. The first-order valence-electron chi connectivity index (χ1n) is 14.0. The topological polar surface area (TPSA) is 108 Å². The summed E-state index contributed by atoms with van der Waals surface area (Å²) in [5.74, 6) is -2.26. The Bertz CT molecular complexity index is 1250. The van der Waals surface area contributed by atoms with E-state index < -0.39 is 29.1 Å². The maximum atomic E-state index is 14.2. The van der Waals surface area contributed by atoms with E-state index >= 15 is 0 Å². The van der Waals surface area contributed by atoms with Crippen molar-refractivity contribution in [1.29, 1.82) is 0 Å². The standard InChI is InChI=1S/C31H39N3O5/c1-19-12-11-13-20(2)25(19)33-28(37)26-31-18-21(3)30(4,39-31)23(27(36)32-22-14-7-5-8-15-22)24(31)29(38)34(26)16-9-6-10-17-35/h5,7-8,11-15,21,23-24,26,35H,6,9-10,16-18H2,1-4H3,(H,32,36)(H,33,37)/t21?,23-,24-,26?,30+,31?/m0/s1. The van der Waals surface area contributed by atoms with Crippen molar-refractivity contribution in [2.75, 3.05) is 23.8 Å². The smallest absolute Gasteiger partial charge is 0.250 e. The lowest BCUT2D eigenvalue weighted by atomic mass is 9.62. The van der Waals surface area contributed by atoms with Gasteiger partial charge in [0.05, 0.1) is 17.4 Å². The summed E-state index contributed by atoms with van der Waals surface area (Å²) >= 11 is 0. The van der Waals surface area contributed by atoms with Crippen molar-refractivity contribution in [3.8, 4) is 0 Å². The minimum Gasteiger partial charge on any atom is -0.396 e. The van der Waals surface area contributed by atoms with Crippen molar-refractivity contribution < 1.29 is 24.2 Å².